The molecule has 2 heterocycles. The molecule has 1 N–H and O–H groups in total. The van der Waals surface area contributed by atoms with Crippen molar-refractivity contribution in [2.45, 2.75) is 26.4 Å². The molecule has 20 heavy (non-hydrogen) atoms. The summed E-state index contributed by atoms with van der Waals surface area (Å²) in [5.74, 6) is -1.32. The van der Waals surface area contributed by atoms with Gasteiger partial charge in [-0.05, 0) is 12.3 Å². The van der Waals surface area contributed by atoms with Crippen molar-refractivity contribution in [2.24, 2.45) is 5.92 Å². The fourth-order valence-electron chi connectivity index (χ4n) is 1.44. The van der Waals surface area contributed by atoms with Gasteiger partial charge in [-0.15, -0.1) is 15.3 Å². The van der Waals surface area contributed by atoms with Crippen molar-refractivity contribution in [1.29, 1.82) is 0 Å². The van der Waals surface area contributed by atoms with Crippen LogP contribution in [0, 0.1) is 5.92 Å². The van der Waals surface area contributed by atoms with Gasteiger partial charge in [0.05, 0.1) is 0 Å². The molecule has 110 valence electrons. The van der Waals surface area contributed by atoms with Crippen molar-refractivity contribution < 1.29 is 18.0 Å². The van der Waals surface area contributed by atoms with Crippen molar-refractivity contribution in [3.63, 3.8) is 0 Å². The Morgan fingerprint density at radius 2 is 2.10 bits per heavy atom. The molecule has 0 fully saturated rings. The van der Waals surface area contributed by atoms with Gasteiger partial charge in [-0.1, -0.05) is 25.2 Å². The highest BCUT2D eigenvalue weighted by Crippen LogP contribution is 2.28. The number of hydrogen-bond donors (Lipinski definition) is 1. The van der Waals surface area contributed by atoms with Crippen molar-refractivity contribution in [2.75, 3.05) is 6.54 Å². The summed E-state index contributed by atoms with van der Waals surface area (Å²) >= 11 is 0.767. The second kappa shape index (κ2) is 5.35. The largest absolute Gasteiger partial charge is 0.453 e. The van der Waals surface area contributed by atoms with Gasteiger partial charge in [-0.3, -0.25) is 4.79 Å². The number of aromatic nitrogens is 4. The Morgan fingerprint density at radius 1 is 1.40 bits per heavy atom. The zero-order chi connectivity index (χ0) is 14.9. The maximum atomic E-state index is 12.6. The molecule has 0 atom stereocenters. The van der Waals surface area contributed by atoms with E-state index >= 15 is 0 Å². The van der Waals surface area contributed by atoms with E-state index < -0.39 is 17.9 Å². The molecule has 0 bridgehead atoms. The summed E-state index contributed by atoms with van der Waals surface area (Å²) in [6.07, 6.45) is -3.87. The summed E-state index contributed by atoms with van der Waals surface area (Å²) in [5, 5.41) is 12.5. The molecular weight excluding hydrogens is 295 g/mol. The number of halogens is 3. The lowest BCUT2D eigenvalue weighted by molar-refractivity contribution is -0.146. The van der Waals surface area contributed by atoms with Gasteiger partial charge in [-0.2, -0.15) is 17.7 Å². The summed E-state index contributed by atoms with van der Waals surface area (Å²) in [6, 6.07) is 0. The number of rotatable bonds is 4. The minimum absolute atomic E-state index is 0.0636. The maximum Gasteiger partial charge on any atom is 0.453 e. The van der Waals surface area contributed by atoms with Gasteiger partial charge in [0.25, 0.3) is 11.7 Å². The molecule has 0 aliphatic heterocycles. The van der Waals surface area contributed by atoms with Crippen molar-refractivity contribution in [1.82, 2.24) is 25.1 Å². The molecular formula is C10H12F3N5OS. The third-order valence-corrected chi connectivity index (χ3v) is 3.34. The van der Waals surface area contributed by atoms with Crippen LogP contribution in [0.25, 0.3) is 4.96 Å². The van der Waals surface area contributed by atoms with Crippen LogP contribution in [0.1, 0.15) is 35.9 Å². The van der Waals surface area contributed by atoms with Gasteiger partial charge in [0, 0.05) is 6.54 Å². The average molecular weight is 307 g/mol. The molecule has 0 saturated heterocycles. The van der Waals surface area contributed by atoms with Crippen molar-refractivity contribution in [3.8, 4) is 0 Å². The summed E-state index contributed by atoms with van der Waals surface area (Å²) in [6.45, 7) is 4.46. The second-order valence-corrected chi connectivity index (χ2v) is 5.52. The Balaban J connectivity index is 2.16. The van der Waals surface area contributed by atoms with E-state index in [1.807, 2.05) is 13.8 Å². The van der Waals surface area contributed by atoms with E-state index in [1.165, 1.54) is 0 Å². The molecule has 1 amide bonds. The Kier molecular flexibility index (Phi) is 3.93. The number of carbonyl (C=O) groups is 1. The summed E-state index contributed by atoms with van der Waals surface area (Å²) in [7, 11) is 0. The molecule has 0 aliphatic carbocycles. The molecule has 0 saturated carbocycles. The third kappa shape index (κ3) is 3.06. The molecule has 10 heteroatoms. The van der Waals surface area contributed by atoms with Crippen LogP contribution in [0.15, 0.2) is 0 Å². The molecule has 0 spiro atoms. The predicted octanol–water partition coefficient (Wildman–Crippen LogP) is 1.98. The van der Waals surface area contributed by atoms with Crippen LogP contribution in [0.5, 0.6) is 0 Å². The number of carbonyl (C=O) groups excluding carboxylic acids is 1. The van der Waals surface area contributed by atoms with Gasteiger partial charge < -0.3 is 5.32 Å². The number of alkyl halides is 3. The van der Waals surface area contributed by atoms with E-state index in [2.05, 4.69) is 20.6 Å². The monoisotopic (exact) mass is 307 g/mol. The normalized spacial score (nSPS) is 12.3. The van der Waals surface area contributed by atoms with E-state index in [9.17, 15) is 18.0 Å². The van der Waals surface area contributed by atoms with Gasteiger partial charge in [0.15, 0.2) is 0 Å². The van der Waals surface area contributed by atoms with Crippen LogP contribution in [-0.4, -0.2) is 32.3 Å². The van der Waals surface area contributed by atoms with Gasteiger partial charge in [0.1, 0.15) is 0 Å². The molecule has 0 aliphatic rings. The lowest BCUT2D eigenvalue weighted by Gasteiger charge is -2.04. The Bertz CT molecular complexity index is 618. The number of nitrogens with zero attached hydrogens (tertiary/aromatic N) is 4. The average Bonchev–Trinajstić information content (AvgIpc) is 2.84. The molecule has 0 unspecified atom stereocenters. The molecule has 0 radical (unpaired) electrons. The third-order valence-electron chi connectivity index (χ3n) is 2.45. The van der Waals surface area contributed by atoms with Crippen LogP contribution in [0.4, 0.5) is 13.2 Å². The number of hydrogen-bond acceptors (Lipinski definition) is 5. The van der Waals surface area contributed by atoms with E-state index in [4.69, 9.17) is 0 Å². The lowest BCUT2D eigenvalue weighted by Crippen LogP contribution is -2.25. The quantitative estimate of drug-likeness (QED) is 0.937. The minimum Gasteiger partial charge on any atom is -0.350 e. The first-order valence-electron chi connectivity index (χ1n) is 5.86. The molecule has 2 rings (SSSR count). The fourth-order valence-corrected chi connectivity index (χ4v) is 2.19. The standard InChI is InChI=1S/C10H12F3N5OS/c1-5(2)3-4-14-6(19)7-17-18-8(10(11,12)13)15-16-9(18)20-7/h5H,3-4H2,1-2H3,(H,14,19). The first kappa shape index (κ1) is 14.7. The Labute approximate surface area is 116 Å². The van der Waals surface area contributed by atoms with Crippen LogP contribution >= 0.6 is 11.3 Å². The van der Waals surface area contributed by atoms with Gasteiger partial charge in [0.2, 0.25) is 9.97 Å². The first-order valence-corrected chi connectivity index (χ1v) is 6.68. The minimum atomic E-state index is -4.65. The Morgan fingerprint density at radius 3 is 2.70 bits per heavy atom. The molecule has 2 aromatic rings. The Hall–Kier alpha value is -1.71. The highest BCUT2D eigenvalue weighted by Gasteiger charge is 2.38. The van der Waals surface area contributed by atoms with Crippen LogP contribution < -0.4 is 5.32 Å². The highest BCUT2D eigenvalue weighted by atomic mass is 32.1. The predicted molar refractivity (Wildman–Crippen MR) is 65.4 cm³/mol. The summed E-state index contributed by atoms with van der Waals surface area (Å²) in [5.41, 5.74) is 0. The molecule has 6 nitrogen and oxygen atoms in total. The van der Waals surface area contributed by atoms with Crippen LogP contribution in [-0.2, 0) is 6.18 Å². The zero-order valence-electron chi connectivity index (χ0n) is 10.7. The lowest BCUT2D eigenvalue weighted by atomic mass is 10.1. The topological polar surface area (TPSA) is 72.2 Å². The second-order valence-electron chi connectivity index (χ2n) is 4.56. The van der Waals surface area contributed by atoms with E-state index in [0.717, 1.165) is 17.8 Å². The number of amides is 1. The summed E-state index contributed by atoms with van der Waals surface area (Å²) < 4.78 is 38.3. The van der Waals surface area contributed by atoms with Crippen LogP contribution in [0.2, 0.25) is 0 Å². The highest BCUT2D eigenvalue weighted by molar-refractivity contribution is 7.18. The summed E-state index contributed by atoms with van der Waals surface area (Å²) in [4.78, 5) is 11.7. The van der Waals surface area contributed by atoms with E-state index in [-0.39, 0.29) is 9.97 Å². The SMILES string of the molecule is CC(C)CCNC(=O)c1nn2c(C(F)(F)F)nnc2s1. The maximum absolute atomic E-state index is 12.6. The van der Waals surface area contributed by atoms with Crippen LogP contribution in [0.3, 0.4) is 0 Å². The molecule has 2 aromatic heterocycles. The van der Waals surface area contributed by atoms with Crippen molar-refractivity contribution in [3.05, 3.63) is 10.8 Å². The zero-order valence-corrected chi connectivity index (χ0v) is 11.5. The van der Waals surface area contributed by atoms with Gasteiger partial charge >= 0.3 is 6.18 Å². The number of fused-ring (bicyclic) bond motifs is 1. The van der Waals surface area contributed by atoms with E-state index in [0.29, 0.717) is 17.0 Å². The number of nitrogens with one attached hydrogen (secondary N) is 1. The fraction of sp³-hybridized carbons (Fsp3) is 0.600. The molecule has 0 aromatic carbocycles. The van der Waals surface area contributed by atoms with E-state index in [1.54, 1.807) is 0 Å². The van der Waals surface area contributed by atoms with Gasteiger partial charge in [-0.25, -0.2) is 0 Å². The van der Waals surface area contributed by atoms with Crippen molar-refractivity contribution >= 4 is 22.2 Å². The first-order chi connectivity index (χ1) is 9.29. The smallest absolute Gasteiger partial charge is 0.350 e.